The van der Waals surface area contributed by atoms with Gasteiger partial charge in [-0.1, -0.05) is 23.8 Å². The van der Waals surface area contributed by atoms with E-state index in [9.17, 15) is 0 Å². The second-order valence-electron chi connectivity index (χ2n) is 2.54. The van der Waals surface area contributed by atoms with Crippen molar-refractivity contribution < 1.29 is 5.11 Å². The fourth-order valence-electron chi connectivity index (χ4n) is 0.566. The van der Waals surface area contributed by atoms with Gasteiger partial charge in [-0.15, -0.1) is 0 Å². The smallest absolute Gasteiger partial charge is 0.0433 e. The van der Waals surface area contributed by atoms with E-state index >= 15 is 0 Å². The summed E-state index contributed by atoms with van der Waals surface area (Å²) in [6.07, 6.45) is 8.01. The zero-order valence-electron chi connectivity index (χ0n) is 6.80. The number of aliphatic hydroxyl groups excluding tert-OH is 1. The average Bonchev–Trinajstić information content (AvgIpc) is 1.87. The predicted molar refractivity (Wildman–Crippen MR) is 44.9 cm³/mol. The number of rotatable bonds is 4. The SMILES string of the molecule is CC(C)=C/C=C\CCCO. The van der Waals surface area contributed by atoms with Crippen molar-refractivity contribution in [1.29, 1.82) is 0 Å². The van der Waals surface area contributed by atoms with Gasteiger partial charge in [-0.3, -0.25) is 0 Å². The van der Waals surface area contributed by atoms with Gasteiger partial charge in [0.25, 0.3) is 0 Å². The number of unbranched alkanes of at least 4 members (excludes halogenated alkanes) is 1. The largest absolute Gasteiger partial charge is 0.396 e. The first-order valence-corrected chi connectivity index (χ1v) is 3.68. The van der Waals surface area contributed by atoms with Crippen LogP contribution < -0.4 is 0 Å². The Morgan fingerprint density at radius 1 is 1.40 bits per heavy atom. The topological polar surface area (TPSA) is 20.2 Å². The molecule has 0 fully saturated rings. The van der Waals surface area contributed by atoms with E-state index in [1.54, 1.807) is 0 Å². The first-order valence-electron chi connectivity index (χ1n) is 3.68. The summed E-state index contributed by atoms with van der Waals surface area (Å²) >= 11 is 0. The summed E-state index contributed by atoms with van der Waals surface area (Å²) in [7, 11) is 0. The number of hydrogen-bond acceptors (Lipinski definition) is 1. The molecule has 0 amide bonds. The van der Waals surface area contributed by atoms with Gasteiger partial charge in [0.1, 0.15) is 0 Å². The van der Waals surface area contributed by atoms with E-state index in [1.165, 1.54) is 5.57 Å². The lowest BCUT2D eigenvalue weighted by Gasteiger charge is -1.86. The summed E-state index contributed by atoms with van der Waals surface area (Å²) in [6, 6.07) is 0. The molecule has 0 heterocycles. The second-order valence-corrected chi connectivity index (χ2v) is 2.54. The molecule has 0 aromatic heterocycles. The van der Waals surface area contributed by atoms with Crippen LogP contribution in [-0.2, 0) is 0 Å². The van der Waals surface area contributed by atoms with E-state index in [0.29, 0.717) is 6.61 Å². The van der Waals surface area contributed by atoms with Crippen LogP contribution in [0.25, 0.3) is 0 Å². The molecule has 10 heavy (non-hydrogen) atoms. The fraction of sp³-hybridized carbons (Fsp3) is 0.556. The van der Waals surface area contributed by atoms with Crippen LogP contribution in [0.4, 0.5) is 0 Å². The highest BCUT2D eigenvalue weighted by Crippen LogP contribution is 1.92. The molecule has 0 unspecified atom stereocenters. The van der Waals surface area contributed by atoms with Crippen molar-refractivity contribution >= 4 is 0 Å². The molecule has 0 radical (unpaired) electrons. The highest BCUT2D eigenvalue weighted by molar-refractivity contribution is 5.07. The molecule has 0 atom stereocenters. The van der Waals surface area contributed by atoms with Crippen LogP contribution in [0.3, 0.4) is 0 Å². The van der Waals surface area contributed by atoms with Crippen molar-refractivity contribution in [2.24, 2.45) is 0 Å². The van der Waals surface area contributed by atoms with Gasteiger partial charge in [0.15, 0.2) is 0 Å². The second kappa shape index (κ2) is 6.56. The summed E-state index contributed by atoms with van der Waals surface area (Å²) in [5.41, 5.74) is 1.31. The molecule has 0 rings (SSSR count). The normalized spacial score (nSPS) is 10.3. The van der Waals surface area contributed by atoms with E-state index in [2.05, 4.69) is 26.0 Å². The summed E-state index contributed by atoms with van der Waals surface area (Å²) in [6.45, 7) is 4.42. The predicted octanol–water partition coefficient (Wildman–Crippen LogP) is 2.28. The maximum atomic E-state index is 8.43. The van der Waals surface area contributed by atoms with Crippen molar-refractivity contribution in [3.8, 4) is 0 Å². The van der Waals surface area contributed by atoms with Crippen LogP contribution in [0.1, 0.15) is 26.7 Å². The van der Waals surface area contributed by atoms with Crippen LogP contribution in [0.2, 0.25) is 0 Å². The molecule has 0 aromatic carbocycles. The molecule has 1 heteroatoms. The van der Waals surface area contributed by atoms with Crippen LogP contribution >= 0.6 is 0 Å². The van der Waals surface area contributed by atoms with Gasteiger partial charge in [0, 0.05) is 6.61 Å². The first kappa shape index (κ1) is 9.44. The minimum Gasteiger partial charge on any atom is -0.396 e. The number of hydrogen-bond donors (Lipinski definition) is 1. The molecule has 0 aliphatic carbocycles. The van der Waals surface area contributed by atoms with Crippen LogP contribution in [-0.4, -0.2) is 11.7 Å². The van der Waals surface area contributed by atoms with Gasteiger partial charge in [-0.2, -0.15) is 0 Å². The molecule has 0 aliphatic heterocycles. The molecule has 0 bridgehead atoms. The molecule has 0 spiro atoms. The monoisotopic (exact) mass is 140 g/mol. The van der Waals surface area contributed by atoms with Crippen molar-refractivity contribution in [2.75, 3.05) is 6.61 Å². The third kappa shape index (κ3) is 7.44. The molecule has 58 valence electrons. The summed E-state index contributed by atoms with van der Waals surface area (Å²) in [4.78, 5) is 0. The molecule has 1 nitrogen and oxygen atoms in total. The molecular weight excluding hydrogens is 124 g/mol. The van der Waals surface area contributed by atoms with Crippen molar-refractivity contribution in [3.05, 3.63) is 23.8 Å². The standard InChI is InChI=1S/C9H16O/c1-9(2)7-5-3-4-6-8-10/h3,5,7,10H,4,6,8H2,1-2H3/b5-3-. The zero-order chi connectivity index (χ0) is 7.82. The van der Waals surface area contributed by atoms with Crippen LogP contribution in [0.15, 0.2) is 23.8 Å². The van der Waals surface area contributed by atoms with Crippen molar-refractivity contribution in [3.63, 3.8) is 0 Å². The highest BCUT2D eigenvalue weighted by atomic mass is 16.2. The maximum absolute atomic E-state index is 8.43. The number of aliphatic hydroxyl groups is 1. The Labute approximate surface area is 63.1 Å². The third-order valence-corrected chi connectivity index (χ3v) is 1.09. The van der Waals surface area contributed by atoms with E-state index in [-0.39, 0.29) is 0 Å². The van der Waals surface area contributed by atoms with E-state index in [4.69, 9.17) is 5.11 Å². The zero-order valence-corrected chi connectivity index (χ0v) is 6.80. The Hall–Kier alpha value is -0.560. The van der Waals surface area contributed by atoms with Gasteiger partial charge < -0.3 is 5.11 Å². The number of allylic oxidation sites excluding steroid dienone is 4. The molecule has 0 saturated carbocycles. The summed E-state index contributed by atoms with van der Waals surface area (Å²) < 4.78 is 0. The van der Waals surface area contributed by atoms with Gasteiger partial charge in [0.2, 0.25) is 0 Å². The third-order valence-electron chi connectivity index (χ3n) is 1.09. The quantitative estimate of drug-likeness (QED) is 0.469. The van der Waals surface area contributed by atoms with Crippen molar-refractivity contribution in [2.45, 2.75) is 26.7 Å². The van der Waals surface area contributed by atoms with Gasteiger partial charge >= 0.3 is 0 Å². The minimum absolute atomic E-state index is 0.291. The Morgan fingerprint density at radius 2 is 2.10 bits per heavy atom. The Balaban J connectivity index is 3.29. The first-order chi connectivity index (χ1) is 4.77. The van der Waals surface area contributed by atoms with E-state index in [0.717, 1.165) is 12.8 Å². The molecule has 0 aliphatic rings. The van der Waals surface area contributed by atoms with E-state index < -0.39 is 0 Å². The molecular formula is C9H16O. The lowest BCUT2D eigenvalue weighted by atomic mass is 10.2. The van der Waals surface area contributed by atoms with Crippen LogP contribution in [0.5, 0.6) is 0 Å². The Kier molecular flexibility index (Phi) is 6.19. The Morgan fingerprint density at radius 3 is 2.60 bits per heavy atom. The van der Waals surface area contributed by atoms with Crippen molar-refractivity contribution in [1.82, 2.24) is 0 Å². The lowest BCUT2D eigenvalue weighted by molar-refractivity contribution is 0.289. The Bertz CT molecular complexity index is 119. The molecule has 0 saturated heterocycles. The minimum atomic E-state index is 0.291. The average molecular weight is 140 g/mol. The van der Waals surface area contributed by atoms with Gasteiger partial charge in [-0.05, 0) is 26.7 Å². The van der Waals surface area contributed by atoms with Crippen LogP contribution in [0, 0.1) is 0 Å². The fourth-order valence-corrected chi connectivity index (χ4v) is 0.566. The summed E-state index contributed by atoms with van der Waals surface area (Å²) in [5, 5.41) is 8.43. The molecule has 1 N–H and O–H groups in total. The molecule has 0 aromatic rings. The summed E-state index contributed by atoms with van der Waals surface area (Å²) in [5.74, 6) is 0. The van der Waals surface area contributed by atoms with Gasteiger partial charge in [0.05, 0.1) is 0 Å². The van der Waals surface area contributed by atoms with E-state index in [1.807, 2.05) is 6.08 Å². The highest BCUT2D eigenvalue weighted by Gasteiger charge is 1.76. The lowest BCUT2D eigenvalue weighted by Crippen LogP contribution is -1.77. The van der Waals surface area contributed by atoms with Gasteiger partial charge in [-0.25, -0.2) is 0 Å². The maximum Gasteiger partial charge on any atom is 0.0433 e.